The van der Waals surface area contributed by atoms with Gasteiger partial charge in [-0.1, -0.05) is 27.5 Å². The number of nitrogens with one attached hydrogen (secondary N) is 1. The van der Waals surface area contributed by atoms with Crippen LogP contribution in [-0.4, -0.2) is 25.0 Å². The molecule has 0 atom stereocenters. The van der Waals surface area contributed by atoms with E-state index in [1.165, 1.54) is 18.5 Å². The third-order valence-corrected chi connectivity index (χ3v) is 4.42. The second-order valence-electron chi connectivity index (χ2n) is 3.85. The Morgan fingerprint density at radius 1 is 1.33 bits per heavy atom. The van der Waals surface area contributed by atoms with Gasteiger partial charge in [-0.15, -0.1) is 0 Å². The van der Waals surface area contributed by atoms with E-state index in [0.29, 0.717) is 11.1 Å². The Balaban J connectivity index is 2.39. The zero-order valence-electron chi connectivity index (χ0n) is 10.9. The number of rotatable bonds is 5. The highest BCUT2D eigenvalue weighted by Crippen LogP contribution is 2.28. The van der Waals surface area contributed by atoms with Gasteiger partial charge in [0.25, 0.3) is 10.0 Å². The predicted molar refractivity (Wildman–Crippen MR) is 83.2 cm³/mol. The quantitative estimate of drug-likeness (QED) is 0.845. The molecular weight excluding hydrogens is 382 g/mol. The van der Waals surface area contributed by atoms with Crippen LogP contribution in [0, 0.1) is 0 Å². The van der Waals surface area contributed by atoms with Crippen molar-refractivity contribution >= 4 is 43.4 Å². The van der Waals surface area contributed by atoms with Crippen LogP contribution in [0.1, 0.15) is 6.92 Å². The molecule has 1 aromatic heterocycles. The molecule has 9 heteroatoms. The third kappa shape index (κ3) is 4.05. The summed E-state index contributed by atoms with van der Waals surface area (Å²) in [6.07, 6.45) is 2.49. The van der Waals surface area contributed by atoms with Gasteiger partial charge in [0.05, 0.1) is 19.0 Å². The average molecular weight is 393 g/mol. The summed E-state index contributed by atoms with van der Waals surface area (Å²) in [4.78, 5) is 7.63. The fourth-order valence-electron chi connectivity index (χ4n) is 1.52. The minimum Gasteiger partial charge on any atom is -0.492 e. The zero-order valence-corrected chi connectivity index (χ0v) is 14.0. The van der Waals surface area contributed by atoms with Gasteiger partial charge in [0.2, 0.25) is 0 Å². The Morgan fingerprint density at radius 2 is 2.10 bits per heavy atom. The monoisotopic (exact) mass is 391 g/mol. The molecule has 2 aromatic rings. The van der Waals surface area contributed by atoms with Crippen molar-refractivity contribution in [2.75, 3.05) is 11.3 Å². The standard InChI is InChI=1S/C12H11BrClN3O3S/c1-2-20-9-4-3-8(13)5-10(9)21(18,19)17-12-7-15-11(14)6-16-12/h3-7H,2H2,1H3,(H,16,17). The maximum Gasteiger partial charge on any atom is 0.266 e. The Morgan fingerprint density at radius 3 is 2.71 bits per heavy atom. The van der Waals surface area contributed by atoms with E-state index in [-0.39, 0.29) is 21.6 Å². The Hall–Kier alpha value is -1.38. The summed E-state index contributed by atoms with van der Waals surface area (Å²) < 4.78 is 33.1. The molecule has 2 rings (SSSR count). The lowest BCUT2D eigenvalue weighted by Crippen LogP contribution is -2.15. The lowest BCUT2D eigenvalue weighted by molar-refractivity contribution is 0.331. The highest BCUT2D eigenvalue weighted by Gasteiger charge is 2.21. The van der Waals surface area contributed by atoms with E-state index >= 15 is 0 Å². The molecule has 0 unspecified atom stereocenters. The van der Waals surface area contributed by atoms with Crippen molar-refractivity contribution in [3.05, 3.63) is 40.2 Å². The van der Waals surface area contributed by atoms with Gasteiger partial charge < -0.3 is 4.74 Å². The third-order valence-electron chi connectivity index (χ3n) is 2.35. The first-order valence-electron chi connectivity index (χ1n) is 5.85. The Labute approximate surface area is 135 Å². The molecule has 0 aliphatic rings. The van der Waals surface area contributed by atoms with E-state index in [4.69, 9.17) is 16.3 Å². The number of nitrogens with zero attached hydrogens (tertiary/aromatic N) is 2. The Kier molecular flexibility index (Phi) is 5.02. The lowest BCUT2D eigenvalue weighted by Gasteiger charge is -2.12. The van der Waals surface area contributed by atoms with Crippen LogP contribution in [0.25, 0.3) is 0 Å². The average Bonchev–Trinajstić information content (AvgIpc) is 2.43. The molecule has 0 radical (unpaired) electrons. The summed E-state index contributed by atoms with van der Waals surface area (Å²) in [5.41, 5.74) is 0. The molecule has 1 heterocycles. The van der Waals surface area contributed by atoms with E-state index in [1.54, 1.807) is 19.1 Å². The minimum absolute atomic E-state index is 0.00970. The van der Waals surface area contributed by atoms with E-state index in [2.05, 4.69) is 30.6 Å². The van der Waals surface area contributed by atoms with E-state index < -0.39 is 10.0 Å². The lowest BCUT2D eigenvalue weighted by atomic mass is 10.3. The Bertz CT molecular complexity index is 738. The molecular formula is C12H11BrClN3O3S. The van der Waals surface area contributed by atoms with Gasteiger partial charge in [0, 0.05) is 4.47 Å². The summed E-state index contributed by atoms with van der Waals surface area (Å²) in [7, 11) is -3.85. The first-order chi connectivity index (χ1) is 9.92. The molecule has 0 aliphatic heterocycles. The molecule has 0 bridgehead atoms. The first-order valence-corrected chi connectivity index (χ1v) is 8.50. The minimum atomic E-state index is -3.85. The SMILES string of the molecule is CCOc1ccc(Br)cc1S(=O)(=O)Nc1cnc(Cl)cn1. The van der Waals surface area contributed by atoms with Crippen LogP contribution < -0.4 is 9.46 Å². The van der Waals surface area contributed by atoms with Crippen LogP contribution in [-0.2, 0) is 10.0 Å². The molecule has 0 saturated carbocycles. The summed E-state index contributed by atoms with van der Waals surface area (Å²) in [5, 5.41) is 0.176. The highest BCUT2D eigenvalue weighted by atomic mass is 79.9. The van der Waals surface area contributed by atoms with Crippen molar-refractivity contribution in [2.45, 2.75) is 11.8 Å². The largest absolute Gasteiger partial charge is 0.492 e. The molecule has 0 fully saturated rings. The van der Waals surface area contributed by atoms with Crippen molar-refractivity contribution < 1.29 is 13.2 Å². The zero-order chi connectivity index (χ0) is 15.5. The number of ether oxygens (including phenoxy) is 1. The van der Waals surface area contributed by atoms with E-state index in [1.807, 2.05) is 0 Å². The predicted octanol–water partition coefficient (Wildman–Crippen LogP) is 3.09. The summed E-state index contributed by atoms with van der Waals surface area (Å²) in [6, 6.07) is 4.73. The molecule has 1 N–H and O–H groups in total. The molecule has 0 saturated heterocycles. The van der Waals surface area contributed by atoms with Gasteiger partial charge in [-0.05, 0) is 25.1 Å². The van der Waals surface area contributed by atoms with Crippen LogP contribution in [0.4, 0.5) is 5.82 Å². The highest BCUT2D eigenvalue weighted by molar-refractivity contribution is 9.10. The van der Waals surface area contributed by atoms with Gasteiger partial charge in [-0.25, -0.2) is 18.4 Å². The molecule has 0 spiro atoms. The number of hydrogen-bond acceptors (Lipinski definition) is 5. The maximum atomic E-state index is 12.4. The summed E-state index contributed by atoms with van der Waals surface area (Å²) >= 11 is 8.85. The summed E-state index contributed by atoms with van der Waals surface area (Å²) in [5.74, 6) is 0.331. The normalized spacial score (nSPS) is 11.2. The summed E-state index contributed by atoms with van der Waals surface area (Å²) in [6.45, 7) is 2.13. The van der Waals surface area contributed by atoms with E-state index in [9.17, 15) is 8.42 Å². The van der Waals surface area contributed by atoms with Crippen molar-refractivity contribution in [1.82, 2.24) is 9.97 Å². The fraction of sp³-hybridized carbons (Fsp3) is 0.167. The van der Waals surface area contributed by atoms with Crippen LogP contribution in [0.2, 0.25) is 5.15 Å². The first kappa shape index (κ1) is 16.0. The van der Waals surface area contributed by atoms with Gasteiger partial charge in [-0.2, -0.15) is 0 Å². The second-order valence-corrected chi connectivity index (χ2v) is 6.81. The number of anilines is 1. The van der Waals surface area contributed by atoms with Crippen molar-refractivity contribution in [1.29, 1.82) is 0 Å². The van der Waals surface area contributed by atoms with Gasteiger partial charge in [-0.3, -0.25) is 4.72 Å². The van der Waals surface area contributed by atoms with Crippen molar-refractivity contribution in [3.8, 4) is 5.75 Å². The van der Waals surface area contributed by atoms with Crippen molar-refractivity contribution in [3.63, 3.8) is 0 Å². The number of benzene rings is 1. The van der Waals surface area contributed by atoms with Crippen LogP contribution in [0.3, 0.4) is 0 Å². The number of aromatic nitrogens is 2. The molecule has 6 nitrogen and oxygen atoms in total. The number of sulfonamides is 1. The van der Waals surface area contributed by atoms with Gasteiger partial charge in [0.1, 0.15) is 15.8 Å². The van der Waals surface area contributed by atoms with Gasteiger partial charge in [0.15, 0.2) is 5.82 Å². The van der Waals surface area contributed by atoms with Gasteiger partial charge >= 0.3 is 0 Å². The van der Waals surface area contributed by atoms with Crippen LogP contribution >= 0.6 is 27.5 Å². The smallest absolute Gasteiger partial charge is 0.266 e. The molecule has 1 aromatic carbocycles. The second kappa shape index (κ2) is 6.59. The van der Waals surface area contributed by atoms with Crippen LogP contribution in [0.5, 0.6) is 5.75 Å². The molecule has 0 aliphatic carbocycles. The number of hydrogen-bond donors (Lipinski definition) is 1. The fourth-order valence-corrected chi connectivity index (χ4v) is 3.30. The topological polar surface area (TPSA) is 81.2 Å². The van der Waals surface area contributed by atoms with Crippen molar-refractivity contribution in [2.24, 2.45) is 0 Å². The van der Waals surface area contributed by atoms with E-state index in [0.717, 1.165) is 0 Å². The molecule has 112 valence electrons. The van der Waals surface area contributed by atoms with Crippen LogP contribution in [0.15, 0.2) is 40.0 Å². The maximum absolute atomic E-state index is 12.4. The molecule has 21 heavy (non-hydrogen) atoms. The molecule has 0 amide bonds. The number of halogens is 2.